The molecule has 76 valence electrons. The van der Waals surface area contributed by atoms with Crippen molar-refractivity contribution in [1.29, 1.82) is 0 Å². The molecule has 4 heteroatoms. The Kier molecular flexibility index (Phi) is 3.27. The van der Waals surface area contributed by atoms with Crippen molar-refractivity contribution in [3.8, 4) is 0 Å². The van der Waals surface area contributed by atoms with Gasteiger partial charge in [-0.15, -0.1) is 0 Å². The second-order valence-electron chi connectivity index (χ2n) is 3.84. The molecule has 0 saturated heterocycles. The summed E-state index contributed by atoms with van der Waals surface area (Å²) < 4.78 is 4.89. The molecule has 13 heavy (non-hydrogen) atoms. The average molecular weight is 187 g/mol. The van der Waals surface area contributed by atoms with Gasteiger partial charge in [0.05, 0.1) is 6.61 Å². The number of hydrogen-bond donors (Lipinski definition) is 2. The molecule has 0 aromatic rings. The molecule has 1 atom stereocenters. The Bertz CT molecular complexity index is 191. The molecular weight excluding hydrogens is 170 g/mol. The van der Waals surface area contributed by atoms with Gasteiger partial charge in [-0.3, -0.25) is 10.1 Å². The normalized spacial score (nSPS) is 22.0. The molecule has 1 aliphatic rings. The van der Waals surface area contributed by atoms with Crippen LogP contribution in [0.15, 0.2) is 0 Å². The standard InChI is InChI=1S/C9H17NO3/c1-9(6-13-2,8(11)12)10-7-4-3-5-7/h7,10H,3-6H2,1-2H3,(H,11,12). The fraction of sp³-hybridized carbons (Fsp3) is 0.889. The molecule has 0 heterocycles. The molecule has 1 fully saturated rings. The largest absolute Gasteiger partial charge is 0.480 e. The molecule has 1 aliphatic carbocycles. The predicted molar refractivity (Wildman–Crippen MR) is 48.7 cm³/mol. The second kappa shape index (κ2) is 4.07. The van der Waals surface area contributed by atoms with E-state index in [4.69, 9.17) is 9.84 Å². The van der Waals surface area contributed by atoms with Gasteiger partial charge in [0.2, 0.25) is 0 Å². The van der Waals surface area contributed by atoms with Gasteiger partial charge in [0.25, 0.3) is 0 Å². The first-order valence-corrected chi connectivity index (χ1v) is 4.58. The van der Waals surface area contributed by atoms with Crippen LogP contribution in [0.5, 0.6) is 0 Å². The number of carboxylic acids is 1. The maximum absolute atomic E-state index is 10.9. The van der Waals surface area contributed by atoms with E-state index in [-0.39, 0.29) is 6.61 Å². The SMILES string of the molecule is COCC(C)(NC1CCC1)C(=O)O. The van der Waals surface area contributed by atoms with E-state index >= 15 is 0 Å². The zero-order valence-corrected chi connectivity index (χ0v) is 8.17. The average Bonchev–Trinajstić information content (AvgIpc) is 1.97. The minimum absolute atomic E-state index is 0.207. The van der Waals surface area contributed by atoms with Crippen molar-refractivity contribution in [2.24, 2.45) is 0 Å². The van der Waals surface area contributed by atoms with Gasteiger partial charge in [-0.1, -0.05) is 6.42 Å². The first kappa shape index (κ1) is 10.5. The van der Waals surface area contributed by atoms with Gasteiger partial charge in [0.1, 0.15) is 5.54 Å². The summed E-state index contributed by atoms with van der Waals surface area (Å²) in [6.45, 7) is 1.87. The Hall–Kier alpha value is -0.610. The molecule has 0 aliphatic heterocycles. The fourth-order valence-corrected chi connectivity index (χ4v) is 1.46. The molecule has 0 radical (unpaired) electrons. The lowest BCUT2D eigenvalue weighted by Crippen LogP contribution is -2.58. The zero-order valence-electron chi connectivity index (χ0n) is 8.17. The maximum Gasteiger partial charge on any atom is 0.326 e. The van der Waals surface area contributed by atoms with Crippen LogP contribution in [0, 0.1) is 0 Å². The molecule has 0 amide bonds. The number of carbonyl (C=O) groups is 1. The molecule has 1 rings (SSSR count). The van der Waals surface area contributed by atoms with E-state index in [1.54, 1.807) is 6.92 Å². The van der Waals surface area contributed by atoms with E-state index in [2.05, 4.69) is 5.32 Å². The number of methoxy groups -OCH3 is 1. The summed E-state index contributed by atoms with van der Waals surface area (Å²) in [4.78, 5) is 10.9. The van der Waals surface area contributed by atoms with Crippen molar-refractivity contribution in [2.75, 3.05) is 13.7 Å². The van der Waals surface area contributed by atoms with Gasteiger partial charge in [0.15, 0.2) is 0 Å². The summed E-state index contributed by atoms with van der Waals surface area (Å²) in [6, 6.07) is 0.358. The molecule has 0 bridgehead atoms. The third-order valence-electron chi connectivity index (χ3n) is 2.53. The van der Waals surface area contributed by atoms with Crippen LogP contribution in [-0.2, 0) is 9.53 Å². The quantitative estimate of drug-likeness (QED) is 0.662. The van der Waals surface area contributed by atoms with E-state index in [9.17, 15) is 4.79 Å². The van der Waals surface area contributed by atoms with Crippen LogP contribution in [0.1, 0.15) is 26.2 Å². The van der Waals surface area contributed by atoms with Gasteiger partial charge >= 0.3 is 5.97 Å². The molecule has 2 N–H and O–H groups in total. The lowest BCUT2D eigenvalue weighted by Gasteiger charge is -2.35. The number of nitrogens with one attached hydrogen (secondary N) is 1. The summed E-state index contributed by atoms with van der Waals surface area (Å²) in [5.41, 5.74) is -0.931. The van der Waals surface area contributed by atoms with Crippen molar-refractivity contribution in [3.63, 3.8) is 0 Å². The summed E-state index contributed by atoms with van der Waals surface area (Å²) in [5.74, 6) is -0.846. The highest BCUT2D eigenvalue weighted by atomic mass is 16.5. The minimum atomic E-state index is -0.931. The van der Waals surface area contributed by atoms with E-state index in [1.807, 2.05) is 0 Å². The Morgan fingerprint density at radius 3 is 2.62 bits per heavy atom. The van der Waals surface area contributed by atoms with Crippen LogP contribution in [0.2, 0.25) is 0 Å². The smallest absolute Gasteiger partial charge is 0.326 e. The van der Waals surface area contributed by atoms with Crippen molar-refractivity contribution in [2.45, 2.75) is 37.8 Å². The highest BCUT2D eigenvalue weighted by molar-refractivity contribution is 5.78. The predicted octanol–water partition coefficient (Wildman–Crippen LogP) is 0.618. The Labute approximate surface area is 78.3 Å². The van der Waals surface area contributed by atoms with Crippen molar-refractivity contribution in [1.82, 2.24) is 5.32 Å². The number of carboxylic acid groups (broad SMARTS) is 1. The Balaban J connectivity index is 2.49. The molecule has 4 nitrogen and oxygen atoms in total. The number of ether oxygens (including phenoxy) is 1. The van der Waals surface area contributed by atoms with Crippen LogP contribution in [-0.4, -0.2) is 36.4 Å². The van der Waals surface area contributed by atoms with Crippen molar-refractivity contribution < 1.29 is 14.6 Å². The molecule has 0 aromatic heterocycles. The number of hydrogen-bond acceptors (Lipinski definition) is 3. The minimum Gasteiger partial charge on any atom is -0.480 e. The summed E-state index contributed by atoms with van der Waals surface area (Å²) in [6.07, 6.45) is 3.35. The van der Waals surface area contributed by atoms with E-state index in [1.165, 1.54) is 13.5 Å². The van der Waals surface area contributed by atoms with Crippen LogP contribution in [0.25, 0.3) is 0 Å². The van der Waals surface area contributed by atoms with E-state index in [0.717, 1.165) is 12.8 Å². The topological polar surface area (TPSA) is 58.6 Å². The first-order valence-electron chi connectivity index (χ1n) is 4.58. The Morgan fingerprint density at radius 1 is 1.69 bits per heavy atom. The third-order valence-corrected chi connectivity index (χ3v) is 2.53. The van der Waals surface area contributed by atoms with Crippen molar-refractivity contribution in [3.05, 3.63) is 0 Å². The molecule has 1 saturated carbocycles. The van der Waals surface area contributed by atoms with Gasteiger partial charge in [0, 0.05) is 13.2 Å². The molecule has 1 unspecified atom stereocenters. The maximum atomic E-state index is 10.9. The Morgan fingerprint density at radius 2 is 2.31 bits per heavy atom. The third kappa shape index (κ3) is 2.42. The number of aliphatic carboxylic acids is 1. The van der Waals surface area contributed by atoms with Crippen molar-refractivity contribution >= 4 is 5.97 Å². The zero-order chi connectivity index (χ0) is 9.90. The van der Waals surface area contributed by atoms with Gasteiger partial charge < -0.3 is 9.84 Å². The van der Waals surface area contributed by atoms with Gasteiger partial charge in [-0.2, -0.15) is 0 Å². The number of rotatable bonds is 5. The first-order chi connectivity index (χ1) is 6.08. The highest BCUT2D eigenvalue weighted by Gasteiger charge is 2.36. The second-order valence-corrected chi connectivity index (χ2v) is 3.84. The van der Waals surface area contributed by atoms with Crippen LogP contribution in [0.4, 0.5) is 0 Å². The van der Waals surface area contributed by atoms with Gasteiger partial charge in [-0.05, 0) is 19.8 Å². The lowest BCUT2D eigenvalue weighted by atomic mass is 9.90. The summed E-state index contributed by atoms with van der Waals surface area (Å²) >= 11 is 0. The highest BCUT2D eigenvalue weighted by Crippen LogP contribution is 2.21. The lowest BCUT2D eigenvalue weighted by molar-refractivity contribution is -0.147. The molecule has 0 aromatic carbocycles. The van der Waals surface area contributed by atoms with Gasteiger partial charge in [-0.25, -0.2) is 0 Å². The molecule has 0 spiro atoms. The monoisotopic (exact) mass is 187 g/mol. The van der Waals surface area contributed by atoms with Crippen LogP contribution < -0.4 is 5.32 Å². The van der Waals surface area contributed by atoms with Crippen LogP contribution >= 0.6 is 0 Å². The van der Waals surface area contributed by atoms with Crippen LogP contribution in [0.3, 0.4) is 0 Å². The van der Waals surface area contributed by atoms with E-state index < -0.39 is 11.5 Å². The fourth-order valence-electron chi connectivity index (χ4n) is 1.46. The van der Waals surface area contributed by atoms with E-state index in [0.29, 0.717) is 6.04 Å². The summed E-state index contributed by atoms with van der Waals surface area (Å²) in [7, 11) is 1.52. The molecular formula is C9H17NO3. The summed E-state index contributed by atoms with van der Waals surface area (Å²) in [5, 5.41) is 12.1.